The minimum atomic E-state index is -0.0539. The summed E-state index contributed by atoms with van der Waals surface area (Å²) in [4.78, 5) is 17.3. The maximum absolute atomic E-state index is 12.5. The molecule has 1 aliphatic heterocycles. The van der Waals surface area contributed by atoms with Crippen LogP contribution in [0.1, 0.15) is 55.5 Å². The number of nitrogens with one attached hydrogen (secondary N) is 1. The van der Waals surface area contributed by atoms with Gasteiger partial charge in [0.1, 0.15) is 6.17 Å². The lowest BCUT2D eigenvalue weighted by atomic mass is 9.86. The minimum Gasteiger partial charge on any atom is -0.318 e. The Morgan fingerprint density at radius 1 is 1.20 bits per heavy atom. The normalized spacial score (nSPS) is 34.8. The first-order valence-corrected chi connectivity index (χ1v) is 8.52. The summed E-state index contributed by atoms with van der Waals surface area (Å²) in [7, 11) is 0. The highest BCUT2D eigenvalue weighted by Crippen LogP contribution is 2.37. The average molecular weight is 292 g/mol. The van der Waals surface area contributed by atoms with Crippen molar-refractivity contribution < 1.29 is 4.79 Å². The van der Waals surface area contributed by atoms with Crippen LogP contribution in [0.5, 0.6) is 0 Å². The fourth-order valence-corrected chi connectivity index (χ4v) is 4.41. The molecule has 1 saturated heterocycles. The molecule has 0 bridgehead atoms. The zero-order valence-corrected chi connectivity index (χ0v) is 13.4. The molecule has 2 aliphatic rings. The summed E-state index contributed by atoms with van der Waals surface area (Å²) >= 11 is 1.80. The van der Waals surface area contributed by atoms with E-state index in [4.69, 9.17) is 0 Å². The molecule has 2 atom stereocenters. The number of amides is 1. The zero-order valence-electron chi connectivity index (χ0n) is 12.6. The lowest BCUT2D eigenvalue weighted by Crippen LogP contribution is -2.41. The summed E-state index contributed by atoms with van der Waals surface area (Å²) in [6, 6.07) is 4.68. The van der Waals surface area contributed by atoms with Gasteiger partial charge in [0.15, 0.2) is 0 Å². The van der Waals surface area contributed by atoms with Gasteiger partial charge in [0.2, 0.25) is 5.91 Å². The second kappa shape index (κ2) is 5.49. The van der Waals surface area contributed by atoms with E-state index in [0.29, 0.717) is 6.04 Å². The van der Waals surface area contributed by atoms with Gasteiger partial charge < -0.3 is 4.90 Å². The Kier molecular flexibility index (Phi) is 3.87. The Hall–Kier alpha value is -0.870. The maximum Gasteiger partial charge on any atom is 0.241 e. The van der Waals surface area contributed by atoms with Crippen LogP contribution < -0.4 is 5.32 Å². The molecule has 1 N–H and O–H groups in total. The highest BCUT2D eigenvalue weighted by molar-refractivity contribution is 7.12. The first kappa shape index (κ1) is 14.1. The summed E-state index contributed by atoms with van der Waals surface area (Å²) in [5.41, 5.74) is 0. The van der Waals surface area contributed by atoms with Crippen LogP contribution in [-0.2, 0) is 4.79 Å². The molecule has 1 aliphatic carbocycles. The van der Waals surface area contributed by atoms with Gasteiger partial charge in [-0.3, -0.25) is 10.1 Å². The van der Waals surface area contributed by atoms with E-state index in [1.165, 1.54) is 22.6 Å². The molecule has 2 heterocycles. The molecule has 110 valence electrons. The van der Waals surface area contributed by atoms with Crippen molar-refractivity contribution in [2.45, 2.75) is 64.7 Å². The third kappa shape index (κ3) is 2.51. The average Bonchev–Trinajstić information content (AvgIpc) is 2.97. The molecule has 1 amide bonds. The predicted molar refractivity (Wildman–Crippen MR) is 82.7 cm³/mol. The van der Waals surface area contributed by atoms with E-state index in [9.17, 15) is 4.79 Å². The molecule has 1 aromatic rings. The van der Waals surface area contributed by atoms with Crippen molar-refractivity contribution in [2.75, 3.05) is 0 Å². The summed E-state index contributed by atoms with van der Waals surface area (Å²) in [5, 5.41) is 3.48. The number of aryl methyl sites for hydroxylation is 1. The summed E-state index contributed by atoms with van der Waals surface area (Å²) in [5.74, 6) is 1.09. The molecule has 0 aromatic carbocycles. The van der Waals surface area contributed by atoms with Crippen molar-refractivity contribution in [1.29, 1.82) is 0 Å². The van der Waals surface area contributed by atoms with Gasteiger partial charge in [0.05, 0.1) is 6.04 Å². The number of rotatable bonds is 2. The first-order chi connectivity index (χ1) is 9.56. The van der Waals surface area contributed by atoms with E-state index in [0.717, 1.165) is 18.8 Å². The molecule has 3 rings (SSSR count). The van der Waals surface area contributed by atoms with Crippen LogP contribution in [0, 0.1) is 12.8 Å². The minimum absolute atomic E-state index is 0.0539. The molecule has 3 nitrogen and oxygen atoms in total. The van der Waals surface area contributed by atoms with Crippen molar-refractivity contribution in [1.82, 2.24) is 10.2 Å². The molecule has 20 heavy (non-hydrogen) atoms. The largest absolute Gasteiger partial charge is 0.318 e. The van der Waals surface area contributed by atoms with Crippen LogP contribution in [0.4, 0.5) is 0 Å². The van der Waals surface area contributed by atoms with E-state index in [1.807, 2.05) is 6.92 Å². The van der Waals surface area contributed by atoms with Gasteiger partial charge in [-0.2, -0.15) is 0 Å². The highest BCUT2D eigenvalue weighted by atomic mass is 32.1. The van der Waals surface area contributed by atoms with Gasteiger partial charge in [-0.1, -0.05) is 6.92 Å². The van der Waals surface area contributed by atoms with Crippen molar-refractivity contribution in [3.8, 4) is 0 Å². The lowest BCUT2D eigenvalue weighted by molar-refractivity contribution is -0.132. The molecule has 1 saturated carbocycles. The standard InChI is InChI=1S/C16H24N2OS/c1-10-4-7-13(8-5-10)18-15(17-12(3)16(18)19)14-9-6-11(2)20-14/h6,9-10,12-13,15,17H,4-5,7-8H2,1-3H3. The van der Waals surface area contributed by atoms with E-state index in [1.54, 1.807) is 11.3 Å². The molecule has 4 heteroatoms. The molecule has 2 fully saturated rings. The number of hydrogen-bond acceptors (Lipinski definition) is 3. The van der Waals surface area contributed by atoms with Crippen molar-refractivity contribution in [3.63, 3.8) is 0 Å². The van der Waals surface area contributed by atoms with Crippen LogP contribution in [0.3, 0.4) is 0 Å². The van der Waals surface area contributed by atoms with Gasteiger partial charge in [-0.05, 0) is 57.6 Å². The fraction of sp³-hybridized carbons (Fsp3) is 0.688. The zero-order chi connectivity index (χ0) is 14.3. The van der Waals surface area contributed by atoms with Gasteiger partial charge in [-0.15, -0.1) is 11.3 Å². The Morgan fingerprint density at radius 3 is 2.50 bits per heavy atom. The molecular formula is C16H24N2OS. The molecule has 0 spiro atoms. The van der Waals surface area contributed by atoms with E-state index < -0.39 is 0 Å². The van der Waals surface area contributed by atoms with E-state index in [-0.39, 0.29) is 18.1 Å². The highest BCUT2D eigenvalue weighted by Gasteiger charge is 2.42. The maximum atomic E-state index is 12.5. The summed E-state index contributed by atoms with van der Waals surface area (Å²) in [6.07, 6.45) is 4.90. The van der Waals surface area contributed by atoms with Crippen molar-refractivity contribution in [2.24, 2.45) is 5.92 Å². The number of carbonyl (C=O) groups is 1. The van der Waals surface area contributed by atoms with Crippen LogP contribution in [0.15, 0.2) is 12.1 Å². The van der Waals surface area contributed by atoms with Gasteiger partial charge >= 0.3 is 0 Å². The van der Waals surface area contributed by atoms with Gasteiger partial charge in [0.25, 0.3) is 0 Å². The van der Waals surface area contributed by atoms with Crippen molar-refractivity contribution in [3.05, 3.63) is 21.9 Å². The molecule has 0 radical (unpaired) electrons. The number of thiophene rings is 1. The van der Waals surface area contributed by atoms with Crippen molar-refractivity contribution >= 4 is 17.2 Å². The first-order valence-electron chi connectivity index (χ1n) is 7.71. The van der Waals surface area contributed by atoms with Crippen LogP contribution in [-0.4, -0.2) is 22.9 Å². The lowest BCUT2D eigenvalue weighted by Gasteiger charge is -2.36. The molecule has 2 unspecified atom stereocenters. The molecule has 1 aromatic heterocycles. The monoisotopic (exact) mass is 292 g/mol. The van der Waals surface area contributed by atoms with E-state index in [2.05, 4.69) is 36.2 Å². The van der Waals surface area contributed by atoms with E-state index >= 15 is 0 Å². The third-order valence-electron chi connectivity index (χ3n) is 4.72. The Balaban J connectivity index is 1.83. The Morgan fingerprint density at radius 2 is 1.90 bits per heavy atom. The predicted octanol–water partition coefficient (Wildman–Crippen LogP) is 3.45. The Labute approximate surface area is 125 Å². The summed E-state index contributed by atoms with van der Waals surface area (Å²) < 4.78 is 0. The fourth-order valence-electron chi connectivity index (χ4n) is 3.47. The second-order valence-electron chi connectivity index (χ2n) is 6.40. The quantitative estimate of drug-likeness (QED) is 0.905. The SMILES string of the molecule is Cc1ccc(C2NC(C)C(=O)N2C2CCC(C)CC2)s1. The summed E-state index contributed by atoms with van der Waals surface area (Å²) in [6.45, 7) is 6.44. The number of nitrogens with zero attached hydrogens (tertiary/aromatic N) is 1. The molecular weight excluding hydrogens is 268 g/mol. The van der Waals surface area contributed by atoms with Crippen LogP contribution in [0.2, 0.25) is 0 Å². The third-order valence-corrected chi connectivity index (χ3v) is 5.77. The van der Waals surface area contributed by atoms with Crippen LogP contribution in [0.25, 0.3) is 0 Å². The number of hydrogen-bond donors (Lipinski definition) is 1. The second-order valence-corrected chi connectivity index (χ2v) is 7.72. The van der Waals surface area contributed by atoms with Gasteiger partial charge in [-0.25, -0.2) is 0 Å². The topological polar surface area (TPSA) is 32.3 Å². The van der Waals surface area contributed by atoms with Crippen LogP contribution >= 0.6 is 11.3 Å². The smallest absolute Gasteiger partial charge is 0.241 e. The Bertz CT molecular complexity index is 490. The van der Waals surface area contributed by atoms with Gasteiger partial charge in [0, 0.05) is 15.8 Å². The number of carbonyl (C=O) groups excluding carboxylic acids is 1.